The molecule has 0 heterocycles. The largest absolute Gasteiger partial charge is 0.496 e. The second-order valence-electron chi connectivity index (χ2n) is 5.78. The van der Waals surface area contributed by atoms with Crippen molar-refractivity contribution in [1.29, 1.82) is 0 Å². The summed E-state index contributed by atoms with van der Waals surface area (Å²) in [6.45, 7) is 5.03. The summed E-state index contributed by atoms with van der Waals surface area (Å²) in [5, 5.41) is 23.0. The van der Waals surface area contributed by atoms with Gasteiger partial charge < -0.3 is 25.0 Å². The molecule has 1 aromatic rings. The highest BCUT2D eigenvalue weighted by molar-refractivity contribution is 6.30. The lowest BCUT2D eigenvalue weighted by Gasteiger charge is -2.23. The van der Waals surface area contributed by atoms with Crippen molar-refractivity contribution in [2.24, 2.45) is 0 Å². The number of benzene rings is 1. The Kier molecular flexibility index (Phi) is 6.47. The maximum Gasteiger partial charge on any atom is 0.407 e. The van der Waals surface area contributed by atoms with E-state index in [-0.39, 0.29) is 6.54 Å². The Morgan fingerprint density at radius 2 is 2.00 bits per heavy atom. The third kappa shape index (κ3) is 5.71. The van der Waals surface area contributed by atoms with Crippen LogP contribution in [0.5, 0.6) is 5.75 Å². The van der Waals surface area contributed by atoms with Crippen LogP contribution in [0.4, 0.5) is 4.79 Å². The van der Waals surface area contributed by atoms with Crippen LogP contribution in [0.25, 0.3) is 0 Å². The zero-order valence-electron chi connectivity index (χ0n) is 13.1. The molecule has 0 fully saturated rings. The van der Waals surface area contributed by atoms with Crippen LogP contribution in [-0.4, -0.2) is 41.7 Å². The second-order valence-corrected chi connectivity index (χ2v) is 6.22. The van der Waals surface area contributed by atoms with Crippen molar-refractivity contribution in [2.75, 3.05) is 13.7 Å². The molecule has 1 rings (SSSR count). The molecule has 1 aromatic carbocycles. The molecule has 0 radical (unpaired) electrons. The van der Waals surface area contributed by atoms with E-state index in [0.717, 1.165) is 0 Å². The Morgan fingerprint density at radius 1 is 1.36 bits per heavy atom. The number of aliphatic hydroxyl groups is 2. The molecular weight excluding hydrogens is 310 g/mol. The van der Waals surface area contributed by atoms with Gasteiger partial charge in [0.15, 0.2) is 0 Å². The molecule has 0 saturated heterocycles. The van der Waals surface area contributed by atoms with Gasteiger partial charge in [0, 0.05) is 17.1 Å². The number of alkyl carbamates (subject to hydrolysis) is 1. The number of carbonyl (C=O) groups is 1. The Balaban J connectivity index is 2.66. The van der Waals surface area contributed by atoms with E-state index in [1.165, 1.54) is 13.2 Å². The Labute approximate surface area is 135 Å². The number of hydrogen-bond acceptors (Lipinski definition) is 5. The molecule has 7 heteroatoms. The van der Waals surface area contributed by atoms with Gasteiger partial charge in [-0.1, -0.05) is 17.7 Å². The summed E-state index contributed by atoms with van der Waals surface area (Å²) in [6.07, 6.45) is -3.12. The van der Waals surface area contributed by atoms with E-state index in [1.807, 2.05) is 0 Å². The fourth-order valence-corrected chi connectivity index (χ4v) is 1.91. The van der Waals surface area contributed by atoms with Gasteiger partial charge in [0.1, 0.15) is 23.6 Å². The predicted octanol–water partition coefficient (Wildman–Crippen LogP) is 2.27. The quantitative estimate of drug-likeness (QED) is 0.770. The lowest BCUT2D eigenvalue weighted by atomic mass is 10.0. The standard InChI is InChI=1S/C15H22ClNO5/c1-15(2,3)22-14(20)17-8-11(18)13(19)10-6-5-9(16)7-12(10)21-4/h5-7,11,13,18-19H,8H2,1-4H3,(H,17,20). The number of carbonyl (C=O) groups excluding carboxylic acids is 1. The van der Waals surface area contributed by atoms with Crippen molar-refractivity contribution < 1.29 is 24.5 Å². The van der Waals surface area contributed by atoms with Crippen LogP contribution in [0.3, 0.4) is 0 Å². The van der Waals surface area contributed by atoms with Gasteiger partial charge in [0.2, 0.25) is 0 Å². The average Bonchev–Trinajstić information content (AvgIpc) is 2.42. The Bertz CT molecular complexity index is 515. The minimum Gasteiger partial charge on any atom is -0.496 e. The van der Waals surface area contributed by atoms with Crippen LogP contribution < -0.4 is 10.1 Å². The van der Waals surface area contributed by atoms with E-state index < -0.39 is 23.9 Å². The molecule has 22 heavy (non-hydrogen) atoms. The van der Waals surface area contributed by atoms with Crippen molar-refractivity contribution >= 4 is 17.7 Å². The van der Waals surface area contributed by atoms with Crippen LogP contribution in [0.15, 0.2) is 18.2 Å². The van der Waals surface area contributed by atoms with Crippen molar-refractivity contribution in [1.82, 2.24) is 5.32 Å². The van der Waals surface area contributed by atoms with Crippen molar-refractivity contribution in [2.45, 2.75) is 38.6 Å². The fraction of sp³-hybridized carbons (Fsp3) is 0.533. The van der Waals surface area contributed by atoms with Gasteiger partial charge in [-0.25, -0.2) is 4.79 Å². The Hall–Kier alpha value is -1.50. The van der Waals surface area contributed by atoms with Crippen molar-refractivity contribution in [3.8, 4) is 5.75 Å². The number of aliphatic hydroxyl groups excluding tert-OH is 2. The number of halogens is 1. The Morgan fingerprint density at radius 3 is 2.55 bits per heavy atom. The summed E-state index contributed by atoms with van der Waals surface area (Å²) in [7, 11) is 1.44. The highest BCUT2D eigenvalue weighted by Crippen LogP contribution is 2.30. The zero-order valence-corrected chi connectivity index (χ0v) is 13.8. The van der Waals surface area contributed by atoms with Crippen LogP contribution >= 0.6 is 11.6 Å². The summed E-state index contributed by atoms with van der Waals surface area (Å²) < 4.78 is 10.2. The number of ether oxygens (including phenoxy) is 2. The highest BCUT2D eigenvalue weighted by atomic mass is 35.5. The topological polar surface area (TPSA) is 88.0 Å². The van der Waals surface area contributed by atoms with Crippen molar-refractivity contribution in [3.05, 3.63) is 28.8 Å². The molecule has 2 atom stereocenters. The molecule has 0 aromatic heterocycles. The number of rotatable bonds is 5. The minimum absolute atomic E-state index is 0.165. The van der Waals surface area contributed by atoms with Crippen molar-refractivity contribution in [3.63, 3.8) is 0 Å². The second kappa shape index (κ2) is 7.67. The van der Waals surface area contributed by atoms with E-state index in [1.54, 1.807) is 32.9 Å². The lowest BCUT2D eigenvalue weighted by molar-refractivity contribution is 0.0119. The molecule has 2 unspecified atom stereocenters. The number of hydrogen-bond donors (Lipinski definition) is 3. The highest BCUT2D eigenvalue weighted by Gasteiger charge is 2.24. The fourth-order valence-electron chi connectivity index (χ4n) is 1.75. The first-order valence-corrected chi connectivity index (χ1v) is 7.18. The molecule has 3 N–H and O–H groups in total. The number of amides is 1. The van der Waals surface area contributed by atoms with E-state index in [0.29, 0.717) is 16.3 Å². The van der Waals surface area contributed by atoms with E-state index in [4.69, 9.17) is 21.1 Å². The molecule has 0 aliphatic rings. The van der Waals surface area contributed by atoms with Gasteiger partial charge in [0.05, 0.1) is 7.11 Å². The van der Waals surface area contributed by atoms with Gasteiger partial charge in [-0.15, -0.1) is 0 Å². The molecule has 0 aliphatic carbocycles. The van der Waals surface area contributed by atoms with E-state index >= 15 is 0 Å². The molecule has 0 bridgehead atoms. The van der Waals surface area contributed by atoms with Gasteiger partial charge >= 0.3 is 6.09 Å². The smallest absolute Gasteiger partial charge is 0.407 e. The first-order valence-electron chi connectivity index (χ1n) is 6.80. The minimum atomic E-state index is -1.23. The van der Waals surface area contributed by atoms with E-state index in [2.05, 4.69) is 5.32 Å². The normalized spacial score (nSPS) is 14.1. The van der Waals surface area contributed by atoms with Crippen LogP contribution in [-0.2, 0) is 4.74 Å². The molecule has 6 nitrogen and oxygen atoms in total. The van der Waals surface area contributed by atoms with Crippen LogP contribution in [0.2, 0.25) is 5.02 Å². The first-order chi connectivity index (χ1) is 10.1. The molecular formula is C15H22ClNO5. The van der Waals surface area contributed by atoms with E-state index in [9.17, 15) is 15.0 Å². The summed E-state index contributed by atoms with van der Waals surface area (Å²) in [5.41, 5.74) is -0.252. The third-order valence-corrected chi connectivity index (χ3v) is 2.97. The molecule has 0 spiro atoms. The van der Waals surface area contributed by atoms with Gasteiger partial charge in [-0.2, -0.15) is 0 Å². The summed E-state index contributed by atoms with van der Waals surface area (Å²) >= 11 is 5.85. The molecule has 0 aliphatic heterocycles. The average molecular weight is 332 g/mol. The van der Waals surface area contributed by atoms with Crippen LogP contribution in [0.1, 0.15) is 32.4 Å². The molecule has 0 saturated carbocycles. The number of methoxy groups -OCH3 is 1. The third-order valence-electron chi connectivity index (χ3n) is 2.73. The summed E-state index contributed by atoms with van der Waals surface area (Å²) in [6, 6.07) is 4.67. The maximum absolute atomic E-state index is 11.5. The maximum atomic E-state index is 11.5. The van der Waals surface area contributed by atoms with Gasteiger partial charge in [-0.3, -0.25) is 0 Å². The zero-order chi connectivity index (χ0) is 16.9. The van der Waals surface area contributed by atoms with Gasteiger partial charge in [-0.05, 0) is 32.9 Å². The SMILES string of the molecule is COc1cc(Cl)ccc1C(O)C(O)CNC(=O)OC(C)(C)C. The monoisotopic (exact) mass is 331 g/mol. The number of nitrogens with one attached hydrogen (secondary N) is 1. The van der Waals surface area contributed by atoms with Gasteiger partial charge in [0.25, 0.3) is 0 Å². The molecule has 124 valence electrons. The molecule has 1 amide bonds. The predicted molar refractivity (Wildman–Crippen MR) is 83.2 cm³/mol. The summed E-state index contributed by atoms with van der Waals surface area (Å²) in [4.78, 5) is 11.5. The lowest BCUT2D eigenvalue weighted by Crippen LogP contribution is -2.38. The first kappa shape index (κ1) is 18.5. The van der Waals surface area contributed by atoms with Crippen LogP contribution in [0, 0.1) is 0 Å². The summed E-state index contributed by atoms with van der Waals surface area (Å²) in [5.74, 6) is 0.358.